The van der Waals surface area contributed by atoms with Crippen LogP contribution in [-0.2, 0) is 32.6 Å². The van der Waals surface area contributed by atoms with Gasteiger partial charge in [0.2, 0.25) is 0 Å². The molecule has 0 N–H and O–H groups in total. The van der Waals surface area contributed by atoms with Crippen LogP contribution < -0.4 is 0 Å². The largest absolute Gasteiger partial charge is 0.382 e. The molecule has 0 spiro atoms. The first-order valence-corrected chi connectivity index (χ1v) is 6.94. The van der Waals surface area contributed by atoms with Crippen LogP contribution >= 0.6 is 11.6 Å². The second-order valence-electron chi connectivity index (χ2n) is 4.25. The van der Waals surface area contributed by atoms with Crippen molar-refractivity contribution < 1.29 is 18.9 Å². The Kier molecular flexibility index (Phi) is 8.80. The van der Waals surface area contributed by atoms with E-state index in [1.807, 2.05) is 14.0 Å². The molecule has 0 unspecified atom stereocenters. The van der Waals surface area contributed by atoms with Gasteiger partial charge in [0.1, 0.15) is 5.15 Å². The molecule has 0 aromatic carbocycles. The Morgan fingerprint density at radius 2 is 1.55 bits per heavy atom. The lowest BCUT2D eigenvalue weighted by molar-refractivity contribution is 0.000817. The van der Waals surface area contributed by atoms with Gasteiger partial charge in [-0.3, -0.25) is 4.68 Å². The van der Waals surface area contributed by atoms with E-state index in [1.165, 1.54) is 0 Å². The smallest absolute Gasteiger partial charge is 0.132 e. The summed E-state index contributed by atoms with van der Waals surface area (Å²) in [6.07, 6.45) is 0. The number of hydrogen-bond donors (Lipinski definition) is 0. The van der Waals surface area contributed by atoms with Gasteiger partial charge in [0.25, 0.3) is 0 Å². The average Bonchev–Trinajstić information content (AvgIpc) is 2.67. The third-order valence-corrected chi connectivity index (χ3v) is 3.16. The van der Waals surface area contributed by atoms with Crippen LogP contribution in [0.5, 0.6) is 0 Å². The quantitative estimate of drug-likeness (QED) is 0.581. The highest BCUT2D eigenvalue weighted by atomic mass is 35.5. The molecule has 0 saturated carbocycles. The van der Waals surface area contributed by atoms with Crippen molar-refractivity contribution in [2.45, 2.75) is 13.5 Å². The van der Waals surface area contributed by atoms with E-state index in [9.17, 15) is 0 Å². The number of halogens is 1. The normalized spacial score (nSPS) is 11.2. The monoisotopic (exact) mass is 306 g/mol. The second kappa shape index (κ2) is 10.1. The number of methoxy groups -OCH3 is 1. The summed E-state index contributed by atoms with van der Waals surface area (Å²) in [6.45, 7) is 5.73. The first kappa shape index (κ1) is 17.4. The van der Waals surface area contributed by atoms with Crippen molar-refractivity contribution in [1.82, 2.24) is 9.78 Å². The molecule has 0 aliphatic heterocycles. The van der Waals surface area contributed by atoms with Crippen LogP contribution in [0.15, 0.2) is 0 Å². The highest BCUT2D eigenvalue weighted by Gasteiger charge is 2.10. The van der Waals surface area contributed by atoms with Crippen molar-refractivity contribution in [1.29, 1.82) is 0 Å². The summed E-state index contributed by atoms with van der Waals surface area (Å²) < 4.78 is 22.7. The maximum Gasteiger partial charge on any atom is 0.132 e. The maximum atomic E-state index is 6.10. The predicted molar refractivity (Wildman–Crippen MR) is 76.1 cm³/mol. The average molecular weight is 307 g/mol. The standard InChI is InChI=1S/C13H23ClN2O4/c1-11-12(13(14)16(2)15-11)10-20-9-8-19-7-6-18-5-4-17-3/h4-10H2,1-3H3. The van der Waals surface area contributed by atoms with Crippen molar-refractivity contribution in [3.63, 3.8) is 0 Å². The zero-order chi connectivity index (χ0) is 14.8. The summed E-state index contributed by atoms with van der Waals surface area (Å²) in [5, 5.41) is 4.84. The molecule has 0 aliphatic carbocycles. The molecule has 7 heteroatoms. The molecule has 116 valence electrons. The molecule has 20 heavy (non-hydrogen) atoms. The van der Waals surface area contributed by atoms with E-state index in [0.29, 0.717) is 51.4 Å². The summed E-state index contributed by atoms with van der Waals surface area (Å²) in [5.74, 6) is 0. The van der Waals surface area contributed by atoms with E-state index < -0.39 is 0 Å². The van der Waals surface area contributed by atoms with Crippen LogP contribution in [0, 0.1) is 6.92 Å². The number of ether oxygens (including phenoxy) is 4. The Bertz CT molecular complexity index is 385. The maximum absolute atomic E-state index is 6.10. The fourth-order valence-corrected chi connectivity index (χ4v) is 1.82. The molecular weight excluding hydrogens is 284 g/mol. The first-order valence-electron chi connectivity index (χ1n) is 6.57. The van der Waals surface area contributed by atoms with Crippen LogP contribution in [0.2, 0.25) is 5.15 Å². The number of hydrogen-bond acceptors (Lipinski definition) is 5. The summed E-state index contributed by atoms with van der Waals surface area (Å²) in [4.78, 5) is 0. The number of aromatic nitrogens is 2. The van der Waals surface area contributed by atoms with Crippen molar-refractivity contribution >= 4 is 11.6 Å². The summed E-state index contributed by atoms with van der Waals surface area (Å²) >= 11 is 6.10. The molecule has 1 aromatic heterocycles. The van der Waals surface area contributed by atoms with Gasteiger partial charge >= 0.3 is 0 Å². The van der Waals surface area contributed by atoms with Crippen LogP contribution in [0.4, 0.5) is 0 Å². The minimum Gasteiger partial charge on any atom is -0.382 e. The van der Waals surface area contributed by atoms with Gasteiger partial charge in [0.15, 0.2) is 0 Å². The molecule has 6 nitrogen and oxygen atoms in total. The third-order valence-electron chi connectivity index (χ3n) is 2.69. The number of rotatable bonds is 11. The van der Waals surface area contributed by atoms with Crippen molar-refractivity contribution in [3.8, 4) is 0 Å². The molecule has 1 rings (SSSR count). The van der Waals surface area contributed by atoms with Gasteiger partial charge in [-0.05, 0) is 6.92 Å². The van der Waals surface area contributed by atoms with E-state index in [-0.39, 0.29) is 0 Å². The molecule has 0 amide bonds. The highest BCUT2D eigenvalue weighted by molar-refractivity contribution is 6.30. The summed E-state index contributed by atoms with van der Waals surface area (Å²) in [5.41, 5.74) is 1.82. The Morgan fingerprint density at radius 1 is 1.00 bits per heavy atom. The molecule has 0 saturated heterocycles. The topological polar surface area (TPSA) is 54.7 Å². The van der Waals surface area contributed by atoms with Gasteiger partial charge < -0.3 is 18.9 Å². The van der Waals surface area contributed by atoms with E-state index in [1.54, 1.807) is 11.8 Å². The van der Waals surface area contributed by atoms with Crippen molar-refractivity contribution in [3.05, 3.63) is 16.4 Å². The molecular formula is C13H23ClN2O4. The molecule has 0 radical (unpaired) electrons. The van der Waals surface area contributed by atoms with Crippen LogP contribution in [0.25, 0.3) is 0 Å². The molecule has 0 aliphatic rings. The van der Waals surface area contributed by atoms with Crippen LogP contribution in [0.1, 0.15) is 11.3 Å². The second-order valence-corrected chi connectivity index (χ2v) is 4.61. The summed E-state index contributed by atoms with van der Waals surface area (Å²) in [6, 6.07) is 0. The third kappa shape index (κ3) is 6.19. The predicted octanol–water partition coefficient (Wildman–Crippen LogP) is 1.58. The molecule has 1 aromatic rings. The van der Waals surface area contributed by atoms with E-state index in [0.717, 1.165) is 11.3 Å². The van der Waals surface area contributed by atoms with Crippen LogP contribution in [0.3, 0.4) is 0 Å². The Labute approximate surface area is 124 Å². The number of nitrogens with zero attached hydrogens (tertiary/aromatic N) is 2. The highest BCUT2D eigenvalue weighted by Crippen LogP contribution is 2.19. The zero-order valence-electron chi connectivity index (χ0n) is 12.4. The van der Waals surface area contributed by atoms with Gasteiger partial charge in [-0.15, -0.1) is 0 Å². The lowest BCUT2D eigenvalue weighted by atomic mass is 10.3. The van der Waals surface area contributed by atoms with Gasteiger partial charge in [0.05, 0.1) is 51.9 Å². The fourth-order valence-electron chi connectivity index (χ4n) is 1.59. The van der Waals surface area contributed by atoms with Gasteiger partial charge in [-0.2, -0.15) is 5.10 Å². The minimum absolute atomic E-state index is 0.451. The number of aryl methyl sites for hydroxylation is 2. The Hall–Kier alpha value is -0.660. The summed E-state index contributed by atoms with van der Waals surface area (Å²) in [7, 11) is 3.46. The van der Waals surface area contributed by atoms with Gasteiger partial charge in [-0.25, -0.2) is 0 Å². The van der Waals surface area contributed by atoms with E-state index >= 15 is 0 Å². The Morgan fingerprint density at radius 3 is 2.05 bits per heavy atom. The lowest BCUT2D eigenvalue weighted by Crippen LogP contribution is -2.11. The van der Waals surface area contributed by atoms with E-state index in [2.05, 4.69) is 5.10 Å². The lowest BCUT2D eigenvalue weighted by Gasteiger charge is -2.06. The Balaban J connectivity index is 2.00. The first-order chi connectivity index (χ1) is 9.66. The van der Waals surface area contributed by atoms with Crippen molar-refractivity contribution in [2.24, 2.45) is 7.05 Å². The van der Waals surface area contributed by atoms with Gasteiger partial charge in [-0.1, -0.05) is 11.6 Å². The van der Waals surface area contributed by atoms with Gasteiger partial charge in [0, 0.05) is 19.7 Å². The zero-order valence-corrected chi connectivity index (χ0v) is 13.1. The van der Waals surface area contributed by atoms with Crippen LogP contribution in [-0.4, -0.2) is 56.5 Å². The fraction of sp³-hybridized carbons (Fsp3) is 0.769. The minimum atomic E-state index is 0.451. The molecule has 0 bridgehead atoms. The molecule has 1 heterocycles. The SMILES string of the molecule is COCCOCCOCCOCc1c(C)nn(C)c1Cl. The van der Waals surface area contributed by atoms with E-state index in [4.69, 9.17) is 30.5 Å². The molecule has 0 fully saturated rings. The molecule has 0 atom stereocenters. The van der Waals surface area contributed by atoms with Crippen molar-refractivity contribution in [2.75, 3.05) is 46.8 Å².